The minimum Gasteiger partial charge on any atom is -0.378 e. The number of nitrogens with one attached hydrogen (secondary N) is 1. The van der Waals surface area contributed by atoms with E-state index in [-0.39, 0.29) is 6.10 Å². The van der Waals surface area contributed by atoms with Crippen molar-refractivity contribution in [2.45, 2.75) is 38.7 Å². The highest BCUT2D eigenvalue weighted by molar-refractivity contribution is 5.34. The summed E-state index contributed by atoms with van der Waals surface area (Å²) >= 11 is 0. The number of rotatable bonds is 3. The normalized spacial score (nSPS) is 20.8. The van der Waals surface area contributed by atoms with E-state index in [4.69, 9.17) is 10.6 Å². The molecule has 0 spiro atoms. The molecule has 0 amide bonds. The van der Waals surface area contributed by atoms with E-state index in [2.05, 4.69) is 15.4 Å². The Morgan fingerprint density at radius 3 is 3.06 bits per heavy atom. The molecule has 0 radical (unpaired) electrons. The van der Waals surface area contributed by atoms with Gasteiger partial charge in [0.1, 0.15) is 11.6 Å². The predicted molar refractivity (Wildman–Crippen MR) is 61.9 cm³/mol. The van der Waals surface area contributed by atoms with Crippen LogP contribution in [0.2, 0.25) is 0 Å². The van der Waals surface area contributed by atoms with Gasteiger partial charge in [-0.15, -0.1) is 0 Å². The van der Waals surface area contributed by atoms with Gasteiger partial charge in [-0.25, -0.2) is 15.8 Å². The highest BCUT2D eigenvalue weighted by Gasteiger charge is 2.16. The van der Waals surface area contributed by atoms with E-state index < -0.39 is 0 Å². The van der Waals surface area contributed by atoms with Crippen LogP contribution in [0.4, 0.5) is 5.82 Å². The Balaban J connectivity index is 2.04. The molecule has 88 valence electrons. The zero-order valence-corrected chi connectivity index (χ0v) is 9.57. The largest absolute Gasteiger partial charge is 0.378 e. The summed E-state index contributed by atoms with van der Waals surface area (Å²) in [6, 6.07) is 1.82. The van der Waals surface area contributed by atoms with Crippen LogP contribution in [0.15, 0.2) is 6.07 Å². The first kappa shape index (κ1) is 11.3. The smallest absolute Gasteiger partial charge is 0.143 e. The second-order valence-electron chi connectivity index (χ2n) is 4.15. The predicted octanol–water partition coefficient (Wildman–Crippen LogP) is 1.18. The van der Waals surface area contributed by atoms with Crippen molar-refractivity contribution in [2.75, 3.05) is 12.0 Å². The van der Waals surface area contributed by atoms with Gasteiger partial charge >= 0.3 is 0 Å². The van der Waals surface area contributed by atoms with E-state index >= 15 is 0 Å². The maximum atomic E-state index is 5.66. The monoisotopic (exact) mass is 222 g/mol. The molecule has 1 fully saturated rings. The van der Waals surface area contributed by atoms with Gasteiger partial charge in [0, 0.05) is 24.8 Å². The van der Waals surface area contributed by atoms with Crippen molar-refractivity contribution in [3.63, 3.8) is 0 Å². The summed E-state index contributed by atoms with van der Waals surface area (Å²) < 4.78 is 5.66. The molecule has 0 bridgehead atoms. The standard InChI is InChI=1S/C11H18N4O/c1-8-6-11(15-12)14-10(13-8)7-9-4-2-3-5-16-9/h6,9H,2-5,7,12H2,1H3,(H,13,14,15). The van der Waals surface area contributed by atoms with E-state index in [1.807, 2.05) is 13.0 Å². The number of aryl methyl sites for hydroxylation is 1. The van der Waals surface area contributed by atoms with Gasteiger partial charge < -0.3 is 10.2 Å². The summed E-state index contributed by atoms with van der Waals surface area (Å²) in [6.07, 6.45) is 4.54. The molecule has 2 heterocycles. The number of nitrogens with two attached hydrogens (primary N) is 1. The Hall–Kier alpha value is -1.20. The van der Waals surface area contributed by atoms with E-state index in [1.54, 1.807) is 0 Å². The van der Waals surface area contributed by atoms with Crippen molar-refractivity contribution < 1.29 is 4.74 Å². The van der Waals surface area contributed by atoms with Crippen LogP contribution in [0.25, 0.3) is 0 Å². The van der Waals surface area contributed by atoms with Crippen LogP contribution in [0.3, 0.4) is 0 Å². The Morgan fingerprint density at radius 1 is 1.50 bits per heavy atom. The molecular weight excluding hydrogens is 204 g/mol. The summed E-state index contributed by atoms with van der Waals surface area (Å²) in [5.41, 5.74) is 3.48. The summed E-state index contributed by atoms with van der Waals surface area (Å²) in [7, 11) is 0. The van der Waals surface area contributed by atoms with Gasteiger partial charge in [0.25, 0.3) is 0 Å². The topological polar surface area (TPSA) is 73.1 Å². The molecule has 16 heavy (non-hydrogen) atoms. The molecule has 1 aliphatic heterocycles. The van der Waals surface area contributed by atoms with Crippen LogP contribution in [-0.4, -0.2) is 22.7 Å². The Kier molecular flexibility index (Phi) is 3.69. The number of nitrogen functional groups attached to an aromatic ring is 1. The SMILES string of the molecule is Cc1cc(NN)nc(CC2CCCCO2)n1. The molecule has 0 saturated carbocycles. The first-order valence-corrected chi connectivity index (χ1v) is 5.70. The quantitative estimate of drug-likeness (QED) is 0.593. The zero-order chi connectivity index (χ0) is 11.4. The van der Waals surface area contributed by atoms with Gasteiger partial charge in [-0.05, 0) is 26.2 Å². The number of ether oxygens (including phenoxy) is 1. The lowest BCUT2D eigenvalue weighted by Crippen LogP contribution is -2.23. The lowest BCUT2D eigenvalue weighted by molar-refractivity contribution is 0.0156. The van der Waals surface area contributed by atoms with Gasteiger partial charge in [0.15, 0.2) is 0 Å². The fraction of sp³-hybridized carbons (Fsp3) is 0.636. The summed E-state index contributed by atoms with van der Waals surface area (Å²) in [6.45, 7) is 2.80. The maximum Gasteiger partial charge on any atom is 0.143 e. The van der Waals surface area contributed by atoms with E-state index in [0.29, 0.717) is 5.82 Å². The van der Waals surface area contributed by atoms with E-state index in [9.17, 15) is 0 Å². The van der Waals surface area contributed by atoms with Crippen molar-refractivity contribution in [1.29, 1.82) is 0 Å². The molecule has 2 rings (SSSR count). The van der Waals surface area contributed by atoms with E-state index in [1.165, 1.54) is 12.8 Å². The second-order valence-corrected chi connectivity index (χ2v) is 4.15. The number of aromatic nitrogens is 2. The van der Waals surface area contributed by atoms with Crippen LogP contribution in [0.1, 0.15) is 30.8 Å². The van der Waals surface area contributed by atoms with Crippen LogP contribution in [0.5, 0.6) is 0 Å². The molecule has 1 aliphatic rings. The summed E-state index contributed by atoms with van der Waals surface area (Å²) in [4.78, 5) is 8.71. The Labute approximate surface area is 95.4 Å². The first-order chi connectivity index (χ1) is 7.78. The van der Waals surface area contributed by atoms with Crippen LogP contribution in [0, 0.1) is 6.92 Å². The average Bonchev–Trinajstić information content (AvgIpc) is 2.29. The third-order valence-electron chi connectivity index (χ3n) is 2.73. The van der Waals surface area contributed by atoms with Crippen molar-refractivity contribution in [3.05, 3.63) is 17.6 Å². The number of nitrogens with zero attached hydrogens (tertiary/aromatic N) is 2. The minimum absolute atomic E-state index is 0.265. The number of anilines is 1. The summed E-state index contributed by atoms with van der Waals surface area (Å²) in [5.74, 6) is 6.82. The number of hydrogen-bond donors (Lipinski definition) is 2. The third kappa shape index (κ3) is 2.90. The average molecular weight is 222 g/mol. The highest BCUT2D eigenvalue weighted by atomic mass is 16.5. The van der Waals surface area contributed by atoms with Gasteiger partial charge in [0.05, 0.1) is 6.10 Å². The summed E-state index contributed by atoms with van der Waals surface area (Å²) in [5, 5.41) is 0. The van der Waals surface area contributed by atoms with Crippen molar-refractivity contribution >= 4 is 5.82 Å². The van der Waals surface area contributed by atoms with Crippen molar-refractivity contribution in [1.82, 2.24) is 9.97 Å². The molecule has 5 heteroatoms. The Bertz CT molecular complexity index is 350. The molecule has 1 unspecified atom stereocenters. The fourth-order valence-corrected chi connectivity index (χ4v) is 1.97. The molecule has 1 atom stereocenters. The number of hydrogen-bond acceptors (Lipinski definition) is 5. The molecule has 0 aliphatic carbocycles. The minimum atomic E-state index is 0.265. The van der Waals surface area contributed by atoms with Crippen LogP contribution < -0.4 is 11.3 Å². The van der Waals surface area contributed by atoms with Crippen molar-refractivity contribution in [2.24, 2.45) is 5.84 Å². The number of hydrazine groups is 1. The van der Waals surface area contributed by atoms with Gasteiger partial charge in [-0.3, -0.25) is 0 Å². The molecular formula is C11H18N4O. The molecule has 1 saturated heterocycles. The van der Waals surface area contributed by atoms with Crippen molar-refractivity contribution in [3.8, 4) is 0 Å². The first-order valence-electron chi connectivity index (χ1n) is 5.70. The molecule has 5 nitrogen and oxygen atoms in total. The molecule has 0 aromatic carbocycles. The molecule has 1 aromatic rings. The highest BCUT2D eigenvalue weighted by Crippen LogP contribution is 2.16. The molecule has 1 aromatic heterocycles. The van der Waals surface area contributed by atoms with Crippen LogP contribution in [-0.2, 0) is 11.2 Å². The van der Waals surface area contributed by atoms with Gasteiger partial charge in [-0.1, -0.05) is 0 Å². The Morgan fingerprint density at radius 2 is 2.38 bits per heavy atom. The lowest BCUT2D eigenvalue weighted by Gasteiger charge is -2.21. The maximum absolute atomic E-state index is 5.66. The van der Waals surface area contributed by atoms with Gasteiger partial charge in [-0.2, -0.15) is 0 Å². The van der Waals surface area contributed by atoms with Gasteiger partial charge in [0.2, 0.25) is 0 Å². The third-order valence-corrected chi connectivity index (χ3v) is 2.73. The lowest BCUT2D eigenvalue weighted by atomic mass is 10.1. The van der Waals surface area contributed by atoms with E-state index in [0.717, 1.165) is 31.0 Å². The second kappa shape index (κ2) is 5.23. The van der Waals surface area contributed by atoms with Crippen LogP contribution >= 0.6 is 0 Å². The zero-order valence-electron chi connectivity index (χ0n) is 9.57. The molecule has 3 N–H and O–H groups in total. The fourth-order valence-electron chi connectivity index (χ4n) is 1.97.